The second-order valence-corrected chi connectivity index (χ2v) is 8.67. The predicted molar refractivity (Wildman–Crippen MR) is 94.9 cm³/mol. The molecule has 0 N–H and O–H groups in total. The molecule has 23 heavy (non-hydrogen) atoms. The smallest absolute Gasteiger partial charge is 0.249 e. The number of alkyl halides is 1. The van der Waals surface area contributed by atoms with Crippen LogP contribution in [0.15, 0.2) is 35.5 Å². The first kappa shape index (κ1) is 16.6. The van der Waals surface area contributed by atoms with Crippen molar-refractivity contribution in [3.05, 3.63) is 46.7 Å². The van der Waals surface area contributed by atoms with Crippen molar-refractivity contribution in [1.82, 2.24) is 4.90 Å². The summed E-state index contributed by atoms with van der Waals surface area (Å²) in [5.41, 5.74) is 3.29. The van der Waals surface area contributed by atoms with E-state index in [1.165, 1.54) is 5.56 Å². The number of hydrogen-bond acceptors (Lipinski definition) is 3. The van der Waals surface area contributed by atoms with E-state index in [-0.39, 0.29) is 22.5 Å². The van der Waals surface area contributed by atoms with Crippen LogP contribution in [0.4, 0.5) is 0 Å². The standard InChI is InChI=1S/C18H20ClNO2S/c1-10-9-23-17-13(19)16(22)20(17)14(10)15(21)11-5-7-12(8-6-11)18(2,3)4/h5-8,13,17H,9H2,1-4H3/t13-,17+/m0/s1. The summed E-state index contributed by atoms with van der Waals surface area (Å²) >= 11 is 7.68. The molecule has 2 aliphatic heterocycles. The van der Waals surface area contributed by atoms with Crippen molar-refractivity contribution < 1.29 is 9.59 Å². The fraction of sp³-hybridized carbons (Fsp3) is 0.444. The van der Waals surface area contributed by atoms with Crippen LogP contribution in [0.3, 0.4) is 0 Å². The number of carbonyl (C=O) groups excluding carboxylic acids is 2. The van der Waals surface area contributed by atoms with E-state index in [1.54, 1.807) is 16.7 Å². The molecule has 1 fully saturated rings. The highest BCUT2D eigenvalue weighted by Gasteiger charge is 2.52. The van der Waals surface area contributed by atoms with Crippen molar-refractivity contribution in [2.45, 2.75) is 43.9 Å². The molecule has 1 aromatic rings. The number of amides is 1. The molecule has 122 valence electrons. The van der Waals surface area contributed by atoms with Gasteiger partial charge in [0.2, 0.25) is 11.7 Å². The Labute approximate surface area is 146 Å². The first-order valence-corrected chi connectivity index (χ1v) is 9.14. The molecule has 3 nitrogen and oxygen atoms in total. The fourth-order valence-corrected chi connectivity index (χ4v) is 4.51. The second kappa shape index (κ2) is 5.67. The molecule has 5 heteroatoms. The highest BCUT2D eigenvalue weighted by molar-refractivity contribution is 8.00. The van der Waals surface area contributed by atoms with Crippen LogP contribution < -0.4 is 0 Å². The first-order valence-electron chi connectivity index (χ1n) is 7.65. The maximum atomic E-state index is 12.9. The van der Waals surface area contributed by atoms with Gasteiger partial charge in [0, 0.05) is 11.3 Å². The van der Waals surface area contributed by atoms with Crippen molar-refractivity contribution >= 4 is 35.1 Å². The van der Waals surface area contributed by atoms with Gasteiger partial charge >= 0.3 is 0 Å². The summed E-state index contributed by atoms with van der Waals surface area (Å²) in [6.07, 6.45) is 0. The molecule has 1 amide bonds. The van der Waals surface area contributed by atoms with E-state index in [0.29, 0.717) is 11.3 Å². The molecule has 3 rings (SSSR count). The van der Waals surface area contributed by atoms with Gasteiger partial charge in [-0.3, -0.25) is 14.5 Å². The third-order valence-corrected chi connectivity index (χ3v) is 6.32. The van der Waals surface area contributed by atoms with Crippen molar-refractivity contribution in [3.63, 3.8) is 0 Å². The average Bonchev–Trinajstić information content (AvgIpc) is 2.52. The first-order chi connectivity index (χ1) is 10.7. The third-order valence-electron chi connectivity index (χ3n) is 4.32. The minimum Gasteiger partial charge on any atom is -0.293 e. The maximum Gasteiger partial charge on any atom is 0.249 e. The molecule has 0 unspecified atom stereocenters. The summed E-state index contributed by atoms with van der Waals surface area (Å²) < 4.78 is 0. The molecule has 0 aromatic heterocycles. The number of Topliss-reactive ketones (excluding diaryl/α,β-unsaturated/α-hetero) is 1. The Morgan fingerprint density at radius 3 is 2.43 bits per heavy atom. The van der Waals surface area contributed by atoms with E-state index in [4.69, 9.17) is 11.6 Å². The maximum absolute atomic E-state index is 12.9. The Balaban J connectivity index is 1.92. The average molecular weight is 350 g/mol. The number of rotatable bonds is 2. The van der Waals surface area contributed by atoms with Gasteiger partial charge in [-0.25, -0.2) is 0 Å². The number of ketones is 1. The molecule has 1 aromatic carbocycles. The van der Waals surface area contributed by atoms with Gasteiger partial charge < -0.3 is 0 Å². The Morgan fingerprint density at radius 2 is 1.87 bits per heavy atom. The molecule has 1 saturated heterocycles. The van der Waals surface area contributed by atoms with E-state index >= 15 is 0 Å². The van der Waals surface area contributed by atoms with E-state index in [1.807, 2.05) is 31.2 Å². The molecular weight excluding hydrogens is 330 g/mol. The number of benzene rings is 1. The molecular formula is C18H20ClNO2S. The lowest BCUT2D eigenvalue weighted by atomic mass is 9.86. The normalized spacial score (nSPS) is 24.4. The zero-order valence-electron chi connectivity index (χ0n) is 13.7. The molecule has 0 radical (unpaired) electrons. The van der Waals surface area contributed by atoms with Crippen LogP contribution in [-0.4, -0.2) is 33.1 Å². The molecule has 2 heterocycles. The number of hydrogen-bond donors (Lipinski definition) is 0. The minimum absolute atomic E-state index is 0.0443. The molecule has 0 spiro atoms. The van der Waals surface area contributed by atoms with Gasteiger partial charge in [-0.15, -0.1) is 23.4 Å². The summed E-state index contributed by atoms with van der Waals surface area (Å²) in [4.78, 5) is 26.5. The summed E-state index contributed by atoms with van der Waals surface area (Å²) in [6.45, 7) is 8.32. The molecule has 2 atom stereocenters. The summed E-state index contributed by atoms with van der Waals surface area (Å²) in [5, 5.41) is -0.625. The van der Waals surface area contributed by atoms with Crippen LogP contribution in [0.2, 0.25) is 0 Å². The second-order valence-electron chi connectivity index (χ2n) is 7.10. The number of halogens is 1. The zero-order valence-corrected chi connectivity index (χ0v) is 15.3. The van der Waals surface area contributed by atoms with Gasteiger partial charge in [0.15, 0.2) is 0 Å². The number of allylic oxidation sites excluding steroid dienone is 1. The largest absolute Gasteiger partial charge is 0.293 e. The summed E-state index contributed by atoms with van der Waals surface area (Å²) in [7, 11) is 0. The number of fused-ring (bicyclic) bond motifs is 1. The van der Waals surface area contributed by atoms with E-state index in [0.717, 1.165) is 11.3 Å². The minimum atomic E-state index is -0.515. The van der Waals surface area contributed by atoms with E-state index in [2.05, 4.69) is 20.8 Å². The topological polar surface area (TPSA) is 37.4 Å². The van der Waals surface area contributed by atoms with Crippen molar-refractivity contribution in [2.24, 2.45) is 0 Å². The molecule has 2 aliphatic rings. The van der Waals surface area contributed by atoms with E-state index in [9.17, 15) is 9.59 Å². The van der Waals surface area contributed by atoms with Gasteiger partial charge in [0.25, 0.3) is 0 Å². The van der Waals surface area contributed by atoms with Crippen LogP contribution >= 0.6 is 23.4 Å². The van der Waals surface area contributed by atoms with Crippen LogP contribution in [0.25, 0.3) is 0 Å². The Morgan fingerprint density at radius 1 is 1.26 bits per heavy atom. The van der Waals surface area contributed by atoms with Crippen molar-refractivity contribution in [3.8, 4) is 0 Å². The lowest BCUT2D eigenvalue weighted by molar-refractivity contribution is -0.137. The Hall–Kier alpha value is -1.26. The summed E-state index contributed by atoms with van der Waals surface area (Å²) in [5.74, 6) is 0.474. The van der Waals surface area contributed by atoms with Gasteiger partial charge in [0.1, 0.15) is 10.8 Å². The van der Waals surface area contributed by atoms with Crippen molar-refractivity contribution in [2.75, 3.05) is 5.75 Å². The lowest BCUT2D eigenvalue weighted by Gasteiger charge is -2.47. The molecule has 0 bridgehead atoms. The van der Waals surface area contributed by atoms with Gasteiger partial charge in [0.05, 0.1) is 5.70 Å². The van der Waals surface area contributed by atoms with Crippen LogP contribution in [-0.2, 0) is 10.2 Å². The lowest BCUT2D eigenvalue weighted by Crippen LogP contribution is -2.62. The van der Waals surface area contributed by atoms with E-state index < -0.39 is 5.38 Å². The quantitative estimate of drug-likeness (QED) is 0.460. The van der Waals surface area contributed by atoms with Gasteiger partial charge in [-0.2, -0.15) is 0 Å². The SMILES string of the molecule is CC1=C(C(=O)c2ccc(C(C)(C)C)cc2)N2C(=O)[C@H](Cl)[C@H]2SC1. The third kappa shape index (κ3) is 2.72. The monoisotopic (exact) mass is 349 g/mol. The highest BCUT2D eigenvalue weighted by atomic mass is 35.5. The van der Waals surface area contributed by atoms with Crippen molar-refractivity contribution in [1.29, 1.82) is 0 Å². The zero-order chi connectivity index (χ0) is 16.9. The highest BCUT2D eigenvalue weighted by Crippen LogP contribution is 2.43. The van der Waals surface area contributed by atoms with Gasteiger partial charge in [-0.1, -0.05) is 45.0 Å². The van der Waals surface area contributed by atoms with Crippen LogP contribution in [0, 0.1) is 0 Å². The van der Waals surface area contributed by atoms with Crippen LogP contribution in [0.5, 0.6) is 0 Å². The Bertz CT molecular complexity index is 703. The number of β-lactam (4-membered cyclic amide) rings is 1. The van der Waals surface area contributed by atoms with Crippen LogP contribution in [0.1, 0.15) is 43.6 Å². The predicted octanol–water partition coefficient (Wildman–Crippen LogP) is 3.96. The number of thioether (sulfide) groups is 1. The number of carbonyl (C=O) groups is 2. The number of nitrogens with zero attached hydrogens (tertiary/aromatic N) is 1. The fourth-order valence-electron chi connectivity index (χ4n) is 2.87. The molecule has 0 aliphatic carbocycles. The van der Waals surface area contributed by atoms with Gasteiger partial charge in [-0.05, 0) is 23.5 Å². The Kier molecular flexibility index (Phi) is 4.09. The summed E-state index contributed by atoms with van der Waals surface area (Å²) in [6, 6.07) is 7.67. The molecule has 0 saturated carbocycles.